The molecular formula is C19H19N7S. The molecule has 4 aromatic heterocycles. The van der Waals surface area contributed by atoms with E-state index < -0.39 is 0 Å². The first kappa shape index (κ1) is 16.3. The molecule has 0 bridgehead atoms. The highest BCUT2D eigenvalue weighted by Gasteiger charge is 2.18. The van der Waals surface area contributed by atoms with Crippen LogP contribution in [-0.2, 0) is 0 Å². The van der Waals surface area contributed by atoms with Gasteiger partial charge in [-0.15, -0.1) is 26.2 Å². The standard InChI is InChI=1S/C19H19N7S/c1-13(15-8-9-16(27-15)25-11-5-2-6-12-25)17-18(14-7-3-4-10-20-14)22-26-19(17)21-23-24-26/h3-4,7-10H,2,5-6,11-12H2,1H3/b17-13+. The maximum absolute atomic E-state index is 4.58. The Morgan fingerprint density at radius 1 is 1.07 bits per heavy atom. The number of rotatable bonds is 3. The van der Waals surface area contributed by atoms with Crippen molar-refractivity contribution in [1.82, 2.24) is 30.2 Å². The molecule has 0 spiro atoms. The second-order valence-electron chi connectivity index (χ2n) is 6.74. The first-order valence-electron chi connectivity index (χ1n) is 9.17. The molecule has 5 rings (SSSR count). The summed E-state index contributed by atoms with van der Waals surface area (Å²) in [7, 11) is 0. The van der Waals surface area contributed by atoms with E-state index in [0.717, 1.165) is 35.3 Å². The number of aromatic nitrogens is 6. The highest BCUT2D eigenvalue weighted by molar-refractivity contribution is 7.17. The molecule has 1 fully saturated rings. The van der Waals surface area contributed by atoms with Crippen LogP contribution in [0.1, 0.15) is 31.1 Å². The molecule has 0 aliphatic carbocycles. The van der Waals surface area contributed by atoms with Crippen molar-refractivity contribution in [2.24, 2.45) is 0 Å². The molecule has 7 nitrogen and oxygen atoms in total. The van der Waals surface area contributed by atoms with Gasteiger partial charge in [0.25, 0.3) is 0 Å². The molecule has 0 aromatic carbocycles. The van der Waals surface area contributed by atoms with Crippen LogP contribution in [0.4, 0.5) is 5.00 Å². The lowest BCUT2D eigenvalue weighted by Gasteiger charge is -2.27. The Morgan fingerprint density at radius 2 is 1.96 bits per heavy atom. The monoisotopic (exact) mass is 377 g/mol. The van der Waals surface area contributed by atoms with Crippen molar-refractivity contribution >= 4 is 27.6 Å². The van der Waals surface area contributed by atoms with Crippen LogP contribution in [0.25, 0.3) is 22.6 Å². The second-order valence-corrected chi connectivity index (χ2v) is 7.80. The number of fused-ring (bicyclic) bond motifs is 1. The topological polar surface area (TPSA) is 72.1 Å². The zero-order valence-electron chi connectivity index (χ0n) is 15.0. The summed E-state index contributed by atoms with van der Waals surface area (Å²) in [5.41, 5.74) is 3.40. The minimum Gasteiger partial charge on any atom is -0.363 e. The number of thiophene rings is 1. The van der Waals surface area contributed by atoms with Gasteiger partial charge in [0, 0.05) is 24.2 Å². The van der Waals surface area contributed by atoms with Gasteiger partial charge in [-0.2, -0.15) is 0 Å². The normalized spacial score (nSPS) is 16.1. The van der Waals surface area contributed by atoms with Crippen molar-refractivity contribution in [3.63, 3.8) is 0 Å². The van der Waals surface area contributed by atoms with Gasteiger partial charge in [0.1, 0.15) is 5.69 Å². The largest absolute Gasteiger partial charge is 0.363 e. The third kappa shape index (κ3) is 2.86. The van der Waals surface area contributed by atoms with E-state index >= 15 is 0 Å². The zero-order valence-corrected chi connectivity index (χ0v) is 15.9. The van der Waals surface area contributed by atoms with Gasteiger partial charge >= 0.3 is 0 Å². The van der Waals surface area contributed by atoms with Crippen molar-refractivity contribution in [3.8, 4) is 11.4 Å². The Kier molecular flexibility index (Phi) is 4.05. The minimum absolute atomic E-state index is 0.668. The summed E-state index contributed by atoms with van der Waals surface area (Å²) >= 11 is 1.82. The first-order valence-corrected chi connectivity index (χ1v) is 9.98. The first-order chi connectivity index (χ1) is 13.3. The van der Waals surface area contributed by atoms with E-state index in [1.807, 2.05) is 29.5 Å². The van der Waals surface area contributed by atoms with Crippen LogP contribution in [0.15, 0.2) is 36.5 Å². The van der Waals surface area contributed by atoms with Gasteiger partial charge in [-0.25, -0.2) is 0 Å². The third-order valence-electron chi connectivity index (χ3n) is 5.02. The summed E-state index contributed by atoms with van der Waals surface area (Å²) in [6.45, 7) is 4.41. The van der Waals surface area contributed by atoms with Crippen LogP contribution in [0, 0.1) is 0 Å². The molecular weight excluding hydrogens is 358 g/mol. The zero-order chi connectivity index (χ0) is 18.2. The van der Waals surface area contributed by atoms with Crippen molar-refractivity contribution in [2.75, 3.05) is 18.0 Å². The summed E-state index contributed by atoms with van der Waals surface area (Å²) < 4.78 is 1.49. The van der Waals surface area contributed by atoms with Gasteiger partial charge in [-0.1, -0.05) is 6.07 Å². The predicted octanol–water partition coefficient (Wildman–Crippen LogP) is 2.57. The Hall–Kier alpha value is -2.87. The molecule has 27 heavy (non-hydrogen) atoms. The predicted molar refractivity (Wildman–Crippen MR) is 106 cm³/mol. The number of tetrazole rings is 1. The fourth-order valence-corrected chi connectivity index (χ4v) is 4.68. The second kappa shape index (κ2) is 6.70. The van der Waals surface area contributed by atoms with E-state index in [-0.39, 0.29) is 0 Å². The Labute approximate surface area is 160 Å². The van der Waals surface area contributed by atoms with E-state index in [4.69, 9.17) is 0 Å². The van der Waals surface area contributed by atoms with Crippen LogP contribution >= 0.6 is 11.3 Å². The molecule has 0 amide bonds. The van der Waals surface area contributed by atoms with Crippen molar-refractivity contribution < 1.29 is 0 Å². The van der Waals surface area contributed by atoms with Crippen LogP contribution in [0.5, 0.6) is 0 Å². The molecule has 136 valence electrons. The fourth-order valence-electron chi connectivity index (χ4n) is 3.61. The summed E-state index contributed by atoms with van der Waals surface area (Å²) in [4.78, 5) is 8.17. The Bertz CT molecular complexity index is 1130. The highest BCUT2D eigenvalue weighted by atomic mass is 32.1. The average molecular weight is 377 g/mol. The van der Waals surface area contributed by atoms with Crippen LogP contribution in [0.2, 0.25) is 0 Å². The molecule has 1 aliphatic heterocycles. The molecule has 0 N–H and O–H groups in total. The SMILES string of the molecule is C/C(c1ccc(N2CCCCC2)s1)=c1/c(-c2ccccn2)nn2nnnc12. The van der Waals surface area contributed by atoms with Gasteiger partial charge in [0.05, 0.1) is 15.9 Å². The van der Waals surface area contributed by atoms with Crippen molar-refractivity contribution in [3.05, 3.63) is 46.6 Å². The Morgan fingerprint density at radius 3 is 2.78 bits per heavy atom. The maximum Gasteiger partial charge on any atom is 0.209 e. The Balaban J connectivity index is 1.66. The maximum atomic E-state index is 4.58. The number of nitrogens with zero attached hydrogens (tertiary/aromatic N) is 7. The summed E-state index contributed by atoms with van der Waals surface area (Å²) in [5.74, 6) is 0. The number of hydrogen-bond donors (Lipinski definition) is 0. The smallest absolute Gasteiger partial charge is 0.209 e. The van der Waals surface area contributed by atoms with E-state index in [1.54, 1.807) is 6.20 Å². The molecule has 1 saturated heterocycles. The van der Waals surface area contributed by atoms with Gasteiger partial charge < -0.3 is 4.90 Å². The van der Waals surface area contributed by atoms with Gasteiger partial charge in [-0.3, -0.25) is 4.98 Å². The number of hydrogen-bond acceptors (Lipinski definition) is 7. The van der Waals surface area contributed by atoms with E-state index in [2.05, 4.69) is 49.6 Å². The molecule has 0 saturated carbocycles. The van der Waals surface area contributed by atoms with Crippen LogP contribution in [0.3, 0.4) is 0 Å². The molecule has 8 heteroatoms. The fraction of sp³-hybridized carbons (Fsp3) is 0.316. The third-order valence-corrected chi connectivity index (χ3v) is 6.29. The van der Waals surface area contributed by atoms with E-state index in [0.29, 0.717) is 5.65 Å². The number of piperidine rings is 1. The average Bonchev–Trinajstić information content (AvgIpc) is 3.44. The molecule has 4 aromatic rings. The molecule has 0 atom stereocenters. The molecule has 5 heterocycles. The summed E-state index contributed by atoms with van der Waals surface area (Å²) in [5, 5.41) is 18.8. The lowest BCUT2D eigenvalue weighted by molar-refractivity contribution is 0.580. The quantitative estimate of drug-likeness (QED) is 0.546. The van der Waals surface area contributed by atoms with Crippen molar-refractivity contribution in [1.29, 1.82) is 0 Å². The van der Waals surface area contributed by atoms with Crippen LogP contribution < -0.4 is 10.1 Å². The minimum atomic E-state index is 0.668. The van der Waals surface area contributed by atoms with Gasteiger partial charge in [0.2, 0.25) is 5.65 Å². The summed E-state index contributed by atoms with van der Waals surface area (Å²) in [6, 6.07) is 10.2. The molecule has 0 radical (unpaired) electrons. The summed E-state index contributed by atoms with van der Waals surface area (Å²) in [6.07, 6.45) is 5.67. The van der Waals surface area contributed by atoms with Gasteiger partial charge in [0.15, 0.2) is 0 Å². The lowest BCUT2D eigenvalue weighted by atomic mass is 10.1. The van der Waals surface area contributed by atoms with Gasteiger partial charge in [-0.05, 0) is 66.5 Å². The van der Waals surface area contributed by atoms with Crippen molar-refractivity contribution in [2.45, 2.75) is 26.2 Å². The molecule has 0 unspecified atom stereocenters. The number of anilines is 1. The highest BCUT2D eigenvalue weighted by Crippen LogP contribution is 2.32. The number of pyridine rings is 1. The lowest BCUT2D eigenvalue weighted by Crippen LogP contribution is -2.28. The molecule has 1 aliphatic rings. The van der Waals surface area contributed by atoms with E-state index in [9.17, 15) is 0 Å². The van der Waals surface area contributed by atoms with E-state index in [1.165, 1.54) is 33.8 Å². The van der Waals surface area contributed by atoms with Crippen LogP contribution in [-0.4, -0.2) is 43.3 Å².